The average molecular weight is 177 g/mol. The number of nitrogens with one attached hydrogen (secondary N) is 1. The summed E-state index contributed by atoms with van der Waals surface area (Å²) in [5, 5.41) is 11.7. The summed E-state index contributed by atoms with van der Waals surface area (Å²) in [5.74, 6) is 0. The van der Waals surface area contributed by atoms with Crippen molar-refractivity contribution in [3.05, 3.63) is 35.9 Å². The second-order valence-corrected chi connectivity index (χ2v) is 3.73. The van der Waals surface area contributed by atoms with E-state index in [4.69, 9.17) is 5.11 Å². The van der Waals surface area contributed by atoms with Crippen molar-refractivity contribution in [2.45, 2.75) is 18.3 Å². The van der Waals surface area contributed by atoms with Crippen molar-refractivity contribution >= 4 is 0 Å². The maximum Gasteiger partial charge on any atom is 0.0931 e. The van der Waals surface area contributed by atoms with Gasteiger partial charge in [0.05, 0.1) is 6.73 Å². The van der Waals surface area contributed by atoms with Gasteiger partial charge >= 0.3 is 0 Å². The minimum atomic E-state index is 0.0780. The number of hydrogen-bond donors (Lipinski definition) is 2. The average Bonchev–Trinajstić information content (AvgIpc) is 2.97. The molecule has 1 aliphatic carbocycles. The highest BCUT2D eigenvalue weighted by atomic mass is 16.3. The standard InChI is InChI=1S/C11H15NO/c13-9-12-8-11(6-7-11)10-4-2-1-3-5-10/h1-5,12-13H,6-9H2. The normalized spacial score (nSPS) is 18.5. The smallest absolute Gasteiger partial charge is 0.0931 e. The van der Waals surface area contributed by atoms with Gasteiger partial charge in [0, 0.05) is 12.0 Å². The second kappa shape index (κ2) is 3.48. The maximum atomic E-state index is 8.69. The van der Waals surface area contributed by atoms with Crippen molar-refractivity contribution in [2.75, 3.05) is 13.3 Å². The molecule has 0 unspecified atom stereocenters. The van der Waals surface area contributed by atoms with Gasteiger partial charge in [-0.3, -0.25) is 5.32 Å². The minimum absolute atomic E-state index is 0.0780. The Morgan fingerprint density at radius 2 is 1.92 bits per heavy atom. The first kappa shape index (κ1) is 8.73. The minimum Gasteiger partial charge on any atom is -0.381 e. The zero-order chi connectivity index (χ0) is 9.15. The van der Waals surface area contributed by atoms with Gasteiger partial charge < -0.3 is 5.11 Å². The van der Waals surface area contributed by atoms with Gasteiger partial charge in [-0.25, -0.2) is 0 Å². The van der Waals surface area contributed by atoms with Gasteiger partial charge in [0.1, 0.15) is 0 Å². The quantitative estimate of drug-likeness (QED) is 0.679. The molecule has 2 heteroatoms. The maximum absolute atomic E-state index is 8.69. The van der Waals surface area contributed by atoms with Crippen LogP contribution in [0.2, 0.25) is 0 Å². The van der Waals surface area contributed by atoms with Crippen molar-refractivity contribution in [3.63, 3.8) is 0 Å². The van der Waals surface area contributed by atoms with Crippen molar-refractivity contribution in [2.24, 2.45) is 0 Å². The molecule has 2 N–H and O–H groups in total. The van der Waals surface area contributed by atoms with E-state index in [1.165, 1.54) is 18.4 Å². The number of aliphatic hydroxyl groups excluding tert-OH is 1. The number of benzene rings is 1. The predicted molar refractivity (Wildman–Crippen MR) is 52.4 cm³/mol. The van der Waals surface area contributed by atoms with Crippen LogP contribution in [0.4, 0.5) is 0 Å². The van der Waals surface area contributed by atoms with E-state index in [1.807, 2.05) is 6.07 Å². The molecule has 2 rings (SSSR count). The Labute approximate surface area is 78.6 Å². The van der Waals surface area contributed by atoms with E-state index >= 15 is 0 Å². The summed E-state index contributed by atoms with van der Waals surface area (Å²) in [6, 6.07) is 10.5. The lowest BCUT2D eigenvalue weighted by Gasteiger charge is -2.15. The van der Waals surface area contributed by atoms with Gasteiger partial charge in [-0.2, -0.15) is 0 Å². The summed E-state index contributed by atoms with van der Waals surface area (Å²) >= 11 is 0. The highest BCUT2D eigenvalue weighted by molar-refractivity contribution is 5.31. The first-order valence-electron chi connectivity index (χ1n) is 4.74. The second-order valence-electron chi connectivity index (χ2n) is 3.73. The zero-order valence-electron chi connectivity index (χ0n) is 7.66. The van der Waals surface area contributed by atoms with Crippen molar-refractivity contribution in [1.82, 2.24) is 5.32 Å². The number of rotatable bonds is 4. The molecule has 0 atom stereocenters. The third kappa shape index (κ3) is 1.74. The summed E-state index contributed by atoms with van der Waals surface area (Å²) in [7, 11) is 0. The van der Waals surface area contributed by atoms with Crippen LogP contribution in [0.5, 0.6) is 0 Å². The summed E-state index contributed by atoms with van der Waals surface area (Å²) in [6.07, 6.45) is 2.48. The topological polar surface area (TPSA) is 32.3 Å². The first-order valence-corrected chi connectivity index (χ1v) is 4.74. The summed E-state index contributed by atoms with van der Waals surface area (Å²) in [5.41, 5.74) is 1.72. The summed E-state index contributed by atoms with van der Waals surface area (Å²) in [4.78, 5) is 0. The molecule has 13 heavy (non-hydrogen) atoms. The molecule has 70 valence electrons. The van der Waals surface area contributed by atoms with E-state index in [-0.39, 0.29) is 6.73 Å². The molecular weight excluding hydrogens is 162 g/mol. The van der Waals surface area contributed by atoms with Gasteiger partial charge in [-0.05, 0) is 18.4 Å². The van der Waals surface area contributed by atoms with Crippen LogP contribution in [-0.2, 0) is 5.41 Å². The van der Waals surface area contributed by atoms with Gasteiger partial charge in [-0.15, -0.1) is 0 Å². The van der Waals surface area contributed by atoms with Crippen LogP contribution >= 0.6 is 0 Å². The third-order valence-corrected chi connectivity index (χ3v) is 2.81. The Balaban J connectivity index is 2.07. The van der Waals surface area contributed by atoms with Gasteiger partial charge in [0.2, 0.25) is 0 Å². The lowest BCUT2D eigenvalue weighted by molar-refractivity contribution is 0.255. The van der Waals surface area contributed by atoms with E-state index in [0.717, 1.165) is 6.54 Å². The Kier molecular flexibility index (Phi) is 2.34. The Morgan fingerprint density at radius 3 is 2.46 bits per heavy atom. The van der Waals surface area contributed by atoms with Crippen LogP contribution in [-0.4, -0.2) is 18.4 Å². The fourth-order valence-corrected chi connectivity index (χ4v) is 1.81. The lowest BCUT2D eigenvalue weighted by atomic mass is 9.96. The summed E-state index contributed by atoms with van der Waals surface area (Å²) in [6.45, 7) is 0.974. The number of hydrogen-bond acceptors (Lipinski definition) is 2. The van der Waals surface area contributed by atoms with Crippen LogP contribution in [0.3, 0.4) is 0 Å². The molecule has 0 saturated heterocycles. The highest BCUT2D eigenvalue weighted by Crippen LogP contribution is 2.47. The fraction of sp³-hybridized carbons (Fsp3) is 0.455. The van der Waals surface area contributed by atoms with Crippen LogP contribution in [0.1, 0.15) is 18.4 Å². The molecule has 1 aromatic carbocycles. The van der Waals surface area contributed by atoms with Crippen LogP contribution < -0.4 is 5.32 Å². The molecule has 1 fully saturated rings. The molecule has 0 aliphatic heterocycles. The third-order valence-electron chi connectivity index (χ3n) is 2.81. The predicted octanol–water partition coefficient (Wildman–Crippen LogP) is 1.26. The Morgan fingerprint density at radius 1 is 1.23 bits per heavy atom. The van der Waals surface area contributed by atoms with Gasteiger partial charge in [-0.1, -0.05) is 30.3 Å². The van der Waals surface area contributed by atoms with Crippen molar-refractivity contribution < 1.29 is 5.11 Å². The molecule has 1 saturated carbocycles. The van der Waals surface area contributed by atoms with E-state index < -0.39 is 0 Å². The van der Waals surface area contributed by atoms with Crippen LogP contribution in [0.25, 0.3) is 0 Å². The van der Waals surface area contributed by atoms with E-state index in [9.17, 15) is 0 Å². The SMILES string of the molecule is OCNCC1(c2ccccc2)CC1. The monoisotopic (exact) mass is 177 g/mol. The summed E-state index contributed by atoms with van der Waals surface area (Å²) < 4.78 is 0. The first-order chi connectivity index (χ1) is 6.37. The molecule has 0 amide bonds. The fourth-order valence-electron chi connectivity index (χ4n) is 1.81. The molecule has 1 aliphatic rings. The molecule has 0 bridgehead atoms. The molecule has 0 radical (unpaired) electrons. The molecule has 0 aromatic heterocycles. The van der Waals surface area contributed by atoms with E-state index in [0.29, 0.717) is 5.41 Å². The van der Waals surface area contributed by atoms with E-state index in [1.54, 1.807) is 0 Å². The van der Waals surface area contributed by atoms with Gasteiger partial charge in [0.25, 0.3) is 0 Å². The van der Waals surface area contributed by atoms with E-state index in [2.05, 4.69) is 29.6 Å². The Bertz CT molecular complexity index is 267. The highest BCUT2D eigenvalue weighted by Gasteiger charge is 2.43. The Hall–Kier alpha value is -0.860. The zero-order valence-corrected chi connectivity index (χ0v) is 7.66. The van der Waals surface area contributed by atoms with Crippen LogP contribution in [0.15, 0.2) is 30.3 Å². The molecule has 1 aromatic rings. The van der Waals surface area contributed by atoms with Crippen LogP contribution in [0, 0.1) is 0 Å². The largest absolute Gasteiger partial charge is 0.381 e. The molecular formula is C11H15NO. The molecule has 0 spiro atoms. The number of aliphatic hydroxyl groups is 1. The molecule has 2 nitrogen and oxygen atoms in total. The molecule has 0 heterocycles. The van der Waals surface area contributed by atoms with Crippen molar-refractivity contribution in [1.29, 1.82) is 0 Å². The lowest BCUT2D eigenvalue weighted by Crippen LogP contribution is -2.27. The van der Waals surface area contributed by atoms with Gasteiger partial charge in [0.15, 0.2) is 0 Å². The van der Waals surface area contributed by atoms with Crippen molar-refractivity contribution in [3.8, 4) is 0 Å².